The summed E-state index contributed by atoms with van der Waals surface area (Å²) < 4.78 is 10.8. The zero-order chi connectivity index (χ0) is 14.7. The topological polar surface area (TPSA) is 60.2 Å². The average Bonchev–Trinajstić information content (AvgIpc) is 2.97. The first kappa shape index (κ1) is 13.6. The standard InChI is InChI=1S/C16H17N3O2/c1-17-14(7-11-8-16(20-2)19-10-18-11)13-9-21-15-6-4-3-5-12(13)15/h3-6,8-10,14,17H,7H2,1-2H3. The normalized spacial score (nSPS) is 12.5. The maximum atomic E-state index is 5.62. The molecule has 1 atom stereocenters. The van der Waals surface area contributed by atoms with E-state index in [-0.39, 0.29) is 6.04 Å². The summed E-state index contributed by atoms with van der Waals surface area (Å²) >= 11 is 0. The second-order valence-electron chi connectivity index (χ2n) is 4.78. The highest BCUT2D eigenvalue weighted by Crippen LogP contribution is 2.28. The molecule has 3 aromatic rings. The van der Waals surface area contributed by atoms with E-state index in [1.807, 2.05) is 37.6 Å². The molecule has 0 saturated carbocycles. The second kappa shape index (κ2) is 5.93. The van der Waals surface area contributed by atoms with Crippen LogP contribution in [0.5, 0.6) is 5.88 Å². The average molecular weight is 283 g/mol. The lowest BCUT2D eigenvalue weighted by molar-refractivity contribution is 0.395. The Labute approximate surface area is 123 Å². The highest BCUT2D eigenvalue weighted by Gasteiger charge is 2.17. The summed E-state index contributed by atoms with van der Waals surface area (Å²) in [7, 11) is 3.54. The van der Waals surface area contributed by atoms with Crippen LogP contribution in [0.4, 0.5) is 0 Å². The summed E-state index contributed by atoms with van der Waals surface area (Å²) in [6.45, 7) is 0. The SMILES string of the molecule is CNC(Cc1cc(OC)ncn1)c1coc2ccccc12. The monoisotopic (exact) mass is 283 g/mol. The summed E-state index contributed by atoms with van der Waals surface area (Å²) in [6, 6.07) is 10.00. The number of methoxy groups -OCH3 is 1. The Balaban J connectivity index is 1.91. The number of nitrogens with zero attached hydrogens (tertiary/aromatic N) is 2. The van der Waals surface area contributed by atoms with Gasteiger partial charge in [0.1, 0.15) is 11.9 Å². The molecule has 0 aliphatic carbocycles. The third-order valence-electron chi connectivity index (χ3n) is 3.56. The van der Waals surface area contributed by atoms with Gasteiger partial charge in [0.25, 0.3) is 0 Å². The number of hydrogen-bond donors (Lipinski definition) is 1. The number of ether oxygens (including phenoxy) is 1. The molecule has 0 aliphatic heterocycles. The zero-order valence-corrected chi connectivity index (χ0v) is 12.0. The fourth-order valence-corrected chi connectivity index (χ4v) is 2.45. The van der Waals surface area contributed by atoms with Crippen molar-refractivity contribution in [2.45, 2.75) is 12.5 Å². The summed E-state index contributed by atoms with van der Waals surface area (Å²) in [4.78, 5) is 8.33. The molecule has 108 valence electrons. The number of nitrogens with one attached hydrogen (secondary N) is 1. The van der Waals surface area contributed by atoms with E-state index in [1.54, 1.807) is 7.11 Å². The summed E-state index contributed by atoms with van der Waals surface area (Å²) in [5.74, 6) is 0.576. The van der Waals surface area contributed by atoms with E-state index < -0.39 is 0 Å². The Morgan fingerprint density at radius 2 is 2.14 bits per heavy atom. The molecule has 1 unspecified atom stereocenters. The van der Waals surface area contributed by atoms with Crippen molar-refractivity contribution in [3.8, 4) is 5.88 Å². The molecule has 0 fully saturated rings. The van der Waals surface area contributed by atoms with E-state index in [1.165, 1.54) is 6.33 Å². The molecule has 1 N–H and O–H groups in total. The van der Waals surface area contributed by atoms with E-state index >= 15 is 0 Å². The number of fused-ring (bicyclic) bond motifs is 1. The lowest BCUT2D eigenvalue weighted by Gasteiger charge is -2.14. The van der Waals surface area contributed by atoms with E-state index in [0.717, 1.165) is 28.6 Å². The van der Waals surface area contributed by atoms with Crippen molar-refractivity contribution in [1.82, 2.24) is 15.3 Å². The predicted octanol–water partition coefficient (Wildman–Crippen LogP) is 2.73. The van der Waals surface area contributed by atoms with Gasteiger partial charge < -0.3 is 14.5 Å². The smallest absolute Gasteiger partial charge is 0.216 e. The first-order chi connectivity index (χ1) is 10.3. The highest BCUT2D eigenvalue weighted by molar-refractivity contribution is 5.81. The second-order valence-corrected chi connectivity index (χ2v) is 4.78. The molecule has 0 spiro atoms. The van der Waals surface area contributed by atoms with Crippen LogP contribution in [0.1, 0.15) is 17.3 Å². The van der Waals surface area contributed by atoms with Gasteiger partial charge in [-0.15, -0.1) is 0 Å². The number of likely N-dealkylation sites (N-methyl/N-ethyl adjacent to an activating group) is 1. The van der Waals surface area contributed by atoms with Crippen LogP contribution in [-0.2, 0) is 6.42 Å². The third kappa shape index (κ3) is 2.73. The number of rotatable bonds is 5. The van der Waals surface area contributed by atoms with Crippen LogP contribution in [0, 0.1) is 0 Å². The molecule has 5 nitrogen and oxygen atoms in total. The molecule has 0 saturated heterocycles. The Bertz CT molecular complexity index is 739. The van der Waals surface area contributed by atoms with Crippen molar-refractivity contribution in [1.29, 1.82) is 0 Å². The molecular weight excluding hydrogens is 266 g/mol. The first-order valence-electron chi connectivity index (χ1n) is 6.80. The number of furan rings is 1. The van der Waals surface area contributed by atoms with Gasteiger partial charge in [0.05, 0.1) is 13.4 Å². The highest BCUT2D eigenvalue weighted by atomic mass is 16.5. The molecule has 5 heteroatoms. The van der Waals surface area contributed by atoms with Gasteiger partial charge in [0.2, 0.25) is 5.88 Å². The van der Waals surface area contributed by atoms with Crippen LogP contribution in [0.25, 0.3) is 11.0 Å². The quantitative estimate of drug-likeness (QED) is 0.780. The van der Waals surface area contributed by atoms with Crippen molar-refractivity contribution in [2.24, 2.45) is 0 Å². The lowest BCUT2D eigenvalue weighted by Crippen LogP contribution is -2.19. The maximum Gasteiger partial charge on any atom is 0.216 e. The fraction of sp³-hybridized carbons (Fsp3) is 0.250. The molecular formula is C16H17N3O2. The third-order valence-corrected chi connectivity index (χ3v) is 3.56. The lowest BCUT2D eigenvalue weighted by atomic mass is 10.0. The van der Waals surface area contributed by atoms with Gasteiger partial charge in [-0.2, -0.15) is 0 Å². The Morgan fingerprint density at radius 3 is 2.95 bits per heavy atom. The first-order valence-corrected chi connectivity index (χ1v) is 6.80. The van der Waals surface area contributed by atoms with Crippen LogP contribution in [0.15, 0.2) is 47.3 Å². The minimum Gasteiger partial charge on any atom is -0.481 e. The van der Waals surface area contributed by atoms with Crippen LogP contribution in [0.3, 0.4) is 0 Å². The molecule has 2 heterocycles. The van der Waals surface area contributed by atoms with Crippen LogP contribution >= 0.6 is 0 Å². The maximum absolute atomic E-state index is 5.62. The van der Waals surface area contributed by atoms with Gasteiger partial charge >= 0.3 is 0 Å². The molecule has 0 amide bonds. The van der Waals surface area contributed by atoms with Crippen LogP contribution in [0.2, 0.25) is 0 Å². The van der Waals surface area contributed by atoms with Crippen molar-refractivity contribution in [2.75, 3.05) is 14.2 Å². The molecule has 0 radical (unpaired) electrons. The molecule has 3 rings (SSSR count). The van der Waals surface area contributed by atoms with Gasteiger partial charge in [-0.3, -0.25) is 0 Å². The number of benzene rings is 1. The van der Waals surface area contributed by atoms with E-state index in [0.29, 0.717) is 5.88 Å². The van der Waals surface area contributed by atoms with Crippen LogP contribution < -0.4 is 10.1 Å². The fourth-order valence-electron chi connectivity index (χ4n) is 2.45. The predicted molar refractivity (Wildman–Crippen MR) is 80.3 cm³/mol. The van der Waals surface area contributed by atoms with Gasteiger partial charge in [-0.1, -0.05) is 18.2 Å². The number of aromatic nitrogens is 2. The molecule has 0 bridgehead atoms. The summed E-state index contributed by atoms with van der Waals surface area (Å²) in [5.41, 5.74) is 2.95. The van der Waals surface area contributed by atoms with Crippen molar-refractivity contribution in [3.63, 3.8) is 0 Å². The van der Waals surface area contributed by atoms with E-state index in [9.17, 15) is 0 Å². The molecule has 21 heavy (non-hydrogen) atoms. The van der Waals surface area contributed by atoms with Gasteiger partial charge in [0.15, 0.2) is 0 Å². The van der Waals surface area contributed by atoms with Crippen molar-refractivity contribution in [3.05, 3.63) is 54.2 Å². The number of hydrogen-bond acceptors (Lipinski definition) is 5. The number of para-hydroxylation sites is 1. The Hall–Kier alpha value is -2.40. The van der Waals surface area contributed by atoms with Gasteiger partial charge in [0, 0.05) is 35.2 Å². The van der Waals surface area contributed by atoms with E-state index in [4.69, 9.17) is 9.15 Å². The summed E-state index contributed by atoms with van der Waals surface area (Å²) in [5, 5.41) is 4.44. The van der Waals surface area contributed by atoms with Crippen LogP contribution in [-0.4, -0.2) is 24.1 Å². The minimum absolute atomic E-state index is 0.119. The van der Waals surface area contributed by atoms with Crippen molar-refractivity contribution >= 4 is 11.0 Å². The Morgan fingerprint density at radius 1 is 1.29 bits per heavy atom. The largest absolute Gasteiger partial charge is 0.481 e. The molecule has 1 aromatic carbocycles. The molecule has 2 aromatic heterocycles. The van der Waals surface area contributed by atoms with Gasteiger partial charge in [-0.25, -0.2) is 9.97 Å². The molecule has 0 aliphatic rings. The summed E-state index contributed by atoms with van der Waals surface area (Å²) in [6.07, 6.45) is 4.07. The zero-order valence-electron chi connectivity index (χ0n) is 12.0. The minimum atomic E-state index is 0.119. The van der Waals surface area contributed by atoms with Crippen molar-refractivity contribution < 1.29 is 9.15 Å². The van der Waals surface area contributed by atoms with Gasteiger partial charge in [-0.05, 0) is 13.1 Å². The van der Waals surface area contributed by atoms with E-state index in [2.05, 4.69) is 21.4 Å². The Kier molecular flexibility index (Phi) is 3.83.